The molecule has 5 nitrogen and oxygen atoms in total. The molecule has 0 radical (unpaired) electrons. The molecular weight excluding hydrogens is 204 g/mol. The fraction of sp³-hybridized carbons (Fsp3) is 0.727. The predicted molar refractivity (Wildman–Crippen MR) is 62.4 cm³/mol. The molecule has 0 fully saturated rings. The summed E-state index contributed by atoms with van der Waals surface area (Å²) >= 11 is 0. The highest BCUT2D eigenvalue weighted by molar-refractivity contribution is 5.92. The Labute approximate surface area is 96.5 Å². The van der Waals surface area contributed by atoms with Crippen LogP contribution in [0.5, 0.6) is 0 Å². The van der Waals surface area contributed by atoms with Gasteiger partial charge in [0.15, 0.2) is 0 Å². The molecule has 0 spiro atoms. The lowest BCUT2D eigenvalue weighted by Gasteiger charge is -2.06. The topological polar surface area (TPSA) is 51.0 Å². The smallest absolute Gasteiger partial charge is 0.217 e. The average Bonchev–Trinajstić information content (AvgIpc) is 2.61. The number of rotatable bonds is 6. The quantitative estimate of drug-likeness (QED) is 0.678. The molecule has 16 heavy (non-hydrogen) atoms. The molecule has 0 N–H and O–H groups in total. The van der Waals surface area contributed by atoms with Crippen LogP contribution in [0.1, 0.15) is 30.9 Å². The Hall–Kier alpha value is -1.23. The van der Waals surface area contributed by atoms with Crippen molar-refractivity contribution in [3.63, 3.8) is 0 Å². The van der Waals surface area contributed by atoms with Gasteiger partial charge >= 0.3 is 0 Å². The van der Waals surface area contributed by atoms with Crippen molar-refractivity contribution in [2.24, 2.45) is 5.92 Å². The van der Waals surface area contributed by atoms with Crippen LogP contribution in [-0.4, -0.2) is 46.1 Å². The van der Waals surface area contributed by atoms with Crippen LogP contribution in [0.3, 0.4) is 0 Å². The van der Waals surface area contributed by atoms with E-state index in [0.29, 0.717) is 18.2 Å². The number of carbonyl (C=O) groups excluding carboxylic acids is 1. The molecule has 0 amide bonds. The zero-order valence-electron chi connectivity index (χ0n) is 10.5. The number of nitrogens with zero attached hydrogens (tertiary/aromatic N) is 4. The van der Waals surface area contributed by atoms with E-state index in [4.69, 9.17) is 0 Å². The van der Waals surface area contributed by atoms with Crippen molar-refractivity contribution in [1.29, 1.82) is 0 Å². The number of Topliss-reactive ketones (excluding diaryl/α,β-unsaturated/α-hetero) is 1. The summed E-state index contributed by atoms with van der Waals surface area (Å²) in [6.45, 7) is 5.75. The third-order valence-electron chi connectivity index (χ3n) is 2.12. The molecule has 90 valence electrons. The van der Waals surface area contributed by atoms with E-state index in [-0.39, 0.29) is 5.78 Å². The molecular formula is C11H20N4O. The first kappa shape index (κ1) is 12.8. The molecule has 0 saturated heterocycles. The van der Waals surface area contributed by atoms with Crippen LogP contribution in [0.4, 0.5) is 0 Å². The van der Waals surface area contributed by atoms with E-state index < -0.39 is 0 Å². The van der Waals surface area contributed by atoms with E-state index in [0.717, 1.165) is 13.1 Å². The van der Waals surface area contributed by atoms with Gasteiger partial charge in [-0.25, -0.2) is 4.98 Å². The van der Waals surface area contributed by atoms with Crippen LogP contribution in [0.2, 0.25) is 0 Å². The zero-order chi connectivity index (χ0) is 12.1. The van der Waals surface area contributed by atoms with E-state index in [1.165, 1.54) is 0 Å². The molecule has 1 aromatic rings. The maximum absolute atomic E-state index is 11.7. The highest BCUT2D eigenvalue weighted by Crippen LogP contribution is 2.00. The summed E-state index contributed by atoms with van der Waals surface area (Å²) in [6.07, 6.45) is 2.10. The molecule has 0 bridgehead atoms. The van der Waals surface area contributed by atoms with Crippen LogP contribution in [0.15, 0.2) is 6.33 Å². The van der Waals surface area contributed by atoms with Crippen LogP contribution >= 0.6 is 0 Å². The fourth-order valence-corrected chi connectivity index (χ4v) is 1.32. The van der Waals surface area contributed by atoms with E-state index in [1.807, 2.05) is 19.0 Å². The second-order valence-corrected chi connectivity index (χ2v) is 4.66. The standard InChI is InChI=1S/C11H20N4O/c1-9(2)7-15-8-12-11(13-15)10(16)5-6-14(3)4/h8-9H,5-7H2,1-4H3. The Bertz CT molecular complexity index is 344. The van der Waals surface area contributed by atoms with Gasteiger partial charge in [0.05, 0.1) is 0 Å². The van der Waals surface area contributed by atoms with Crippen molar-refractivity contribution in [3.8, 4) is 0 Å². The second kappa shape index (κ2) is 5.75. The van der Waals surface area contributed by atoms with Gasteiger partial charge in [-0.05, 0) is 20.0 Å². The maximum atomic E-state index is 11.7. The lowest BCUT2D eigenvalue weighted by molar-refractivity contribution is 0.0962. The molecule has 0 saturated carbocycles. The minimum Gasteiger partial charge on any atom is -0.309 e. The molecule has 0 aliphatic rings. The molecule has 0 aliphatic heterocycles. The Morgan fingerprint density at radius 2 is 2.19 bits per heavy atom. The van der Waals surface area contributed by atoms with Gasteiger partial charge in [0.25, 0.3) is 0 Å². The summed E-state index contributed by atoms with van der Waals surface area (Å²) in [5.41, 5.74) is 0. The first-order chi connectivity index (χ1) is 7.49. The lowest BCUT2D eigenvalue weighted by Crippen LogP contribution is -2.17. The SMILES string of the molecule is CC(C)Cn1cnc(C(=O)CCN(C)C)n1. The van der Waals surface area contributed by atoms with E-state index in [2.05, 4.69) is 23.9 Å². The number of hydrogen-bond acceptors (Lipinski definition) is 4. The third-order valence-corrected chi connectivity index (χ3v) is 2.12. The van der Waals surface area contributed by atoms with Gasteiger partial charge in [0.2, 0.25) is 11.6 Å². The zero-order valence-corrected chi connectivity index (χ0v) is 10.5. The van der Waals surface area contributed by atoms with Crippen LogP contribution in [0.25, 0.3) is 0 Å². The Morgan fingerprint density at radius 3 is 2.75 bits per heavy atom. The third kappa shape index (κ3) is 4.10. The van der Waals surface area contributed by atoms with E-state index in [9.17, 15) is 4.79 Å². The molecule has 0 aliphatic carbocycles. The largest absolute Gasteiger partial charge is 0.309 e. The van der Waals surface area contributed by atoms with Crippen LogP contribution < -0.4 is 0 Å². The summed E-state index contributed by atoms with van der Waals surface area (Å²) in [4.78, 5) is 17.7. The predicted octanol–water partition coefficient (Wildman–Crippen LogP) is 1.07. The van der Waals surface area contributed by atoms with Crippen molar-refractivity contribution in [2.45, 2.75) is 26.8 Å². The first-order valence-corrected chi connectivity index (χ1v) is 5.56. The molecule has 1 rings (SSSR count). The fourth-order valence-electron chi connectivity index (χ4n) is 1.32. The highest BCUT2D eigenvalue weighted by Gasteiger charge is 2.11. The summed E-state index contributed by atoms with van der Waals surface area (Å²) < 4.78 is 1.73. The molecule has 0 aromatic carbocycles. The van der Waals surface area contributed by atoms with Crippen molar-refractivity contribution >= 4 is 5.78 Å². The van der Waals surface area contributed by atoms with Crippen molar-refractivity contribution in [3.05, 3.63) is 12.2 Å². The lowest BCUT2D eigenvalue weighted by atomic mass is 10.2. The van der Waals surface area contributed by atoms with Gasteiger partial charge in [0, 0.05) is 19.5 Å². The summed E-state index contributed by atoms with van der Waals surface area (Å²) in [6, 6.07) is 0. The van der Waals surface area contributed by atoms with E-state index >= 15 is 0 Å². The summed E-state index contributed by atoms with van der Waals surface area (Å²) in [5.74, 6) is 0.852. The highest BCUT2D eigenvalue weighted by atomic mass is 16.1. The minimum atomic E-state index is 0.0104. The van der Waals surface area contributed by atoms with Crippen LogP contribution in [0, 0.1) is 5.92 Å². The molecule has 1 aromatic heterocycles. The maximum Gasteiger partial charge on any atom is 0.217 e. The molecule has 1 heterocycles. The monoisotopic (exact) mass is 224 g/mol. The number of aromatic nitrogens is 3. The number of ketones is 1. The Morgan fingerprint density at radius 1 is 1.50 bits per heavy atom. The van der Waals surface area contributed by atoms with Crippen molar-refractivity contribution in [2.75, 3.05) is 20.6 Å². The van der Waals surface area contributed by atoms with Gasteiger partial charge in [-0.15, -0.1) is 5.10 Å². The van der Waals surface area contributed by atoms with Gasteiger partial charge in [-0.1, -0.05) is 13.8 Å². The van der Waals surface area contributed by atoms with E-state index in [1.54, 1.807) is 11.0 Å². The average molecular weight is 224 g/mol. The van der Waals surface area contributed by atoms with Gasteiger partial charge in [0.1, 0.15) is 6.33 Å². The van der Waals surface area contributed by atoms with Crippen molar-refractivity contribution in [1.82, 2.24) is 19.7 Å². The minimum absolute atomic E-state index is 0.0104. The van der Waals surface area contributed by atoms with Gasteiger partial charge in [-0.3, -0.25) is 9.48 Å². The molecule has 0 unspecified atom stereocenters. The Balaban J connectivity index is 2.53. The summed E-state index contributed by atoms with van der Waals surface area (Å²) in [7, 11) is 3.89. The van der Waals surface area contributed by atoms with Crippen molar-refractivity contribution < 1.29 is 4.79 Å². The molecule has 5 heteroatoms. The normalized spacial score (nSPS) is 11.4. The second-order valence-electron chi connectivity index (χ2n) is 4.66. The number of hydrogen-bond donors (Lipinski definition) is 0. The van der Waals surface area contributed by atoms with Crippen LogP contribution in [-0.2, 0) is 6.54 Å². The first-order valence-electron chi connectivity index (χ1n) is 5.56. The van der Waals surface area contributed by atoms with Gasteiger partial charge < -0.3 is 4.90 Å². The molecule has 0 atom stereocenters. The number of carbonyl (C=O) groups is 1. The summed E-state index contributed by atoms with van der Waals surface area (Å²) in [5, 5.41) is 4.17. The van der Waals surface area contributed by atoms with Gasteiger partial charge in [-0.2, -0.15) is 0 Å². The Kier molecular flexibility index (Phi) is 4.61.